The maximum Gasteiger partial charge on any atom is 0.0701 e. The van der Waals surface area contributed by atoms with Crippen molar-refractivity contribution in [1.82, 2.24) is 4.98 Å². The first kappa shape index (κ1) is 12.4. The third-order valence-electron chi connectivity index (χ3n) is 3.34. The Kier molecular flexibility index (Phi) is 3.42. The quantitative estimate of drug-likeness (QED) is 0.639. The Hall–Kier alpha value is -2.67. The van der Waals surface area contributed by atoms with Crippen molar-refractivity contribution in [3.63, 3.8) is 0 Å². The molecule has 0 aliphatic rings. The maximum atomic E-state index is 4.37. The summed E-state index contributed by atoms with van der Waals surface area (Å²) in [5.41, 5.74) is 5.68. The molecule has 3 aromatic rings. The molecule has 0 radical (unpaired) electrons. The van der Waals surface area contributed by atoms with Crippen LogP contribution in [0.15, 0.2) is 79.5 Å². The summed E-state index contributed by atoms with van der Waals surface area (Å²) in [7, 11) is 0. The molecule has 0 saturated heterocycles. The zero-order valence-corrected chi connectivity index (χ0v) is 11.2. The van der Waals surface area contributed by atoms with Crippen molar-refractivity contribution >= 4 is 6.08 Å². The number of nitrogens with zero attached hydrogens (tertiary/aromatic N) is 1. The smallest absolute Gasteiger partial charge is 0.0701 e. The molecule has 2 aromatic carbocycles. The molecule has 0 aliphatic heterocycles. The highest BCUT2D eigenvalue weighted by Gasteiger charge is 2.03. The fourth-order valence-corrected chi connectivity index (χ4v) is 2.29. The molecule has 0 aliphatic carbocycles. The van der Waals surface area contributed by atoms with Crippen LogP contribution in [0.1, 0.15) is 5.56 Å². The lowest BCUT2D eigenvalue weighted by molar-refractivity contribution is 1.33. The summed E-state index contributed by atoms with van der Waals surface area (Å²) in [5, 5.41) is 0. The van der Waals surface area contributed by atoms with Gasteiger partial charge in [-0.15, -0.1) is 0 Å². The zero-order valence-electron chi connectivity index (χ0n) is 11.2. The predicted molar refractivity (Wildman–Crippen MR) is 85.2 cm³/mol. The average Bonchev–Trinajstić information content (AvgIpc) is 2.56. The van der Waals surface area contributed by atoms with Crippen LogP contribution in [0.4, 0.5) is 0 Å². The van der Waals surface area contributed by atoms with Gasteiger partial charge in [0, 0.05) is 11.8 Å². The molecule has 20 heavy (non-hydrogen) atoms. The highest BCUT2D eigenvalue weighted by atomic mass is 14.7. The Morgan fingerprint density at radius 2 is 1.45 bits per heavy atom. The van der Waals surface area contributed by atoms with Crippen LogP contribution >= 0.6 is 0 Å². The van der Waals surface area contributed by atoms with Crippen molar-refractivity contribution in [3.8, 4) is 22.4 Å². The summed E-state index contributed by atoms with van der Waals surface area (Å²) in [4.78, 5) is 4.37. The van der Waals surface area contributed by atoms with Crippen LogP contribution in [0, 0.1) is 0 Å². The minimum atomic E-state index is 0.996. The lowest BCUT2D eigenvalue weighted by atomic mass is 9.98. The second-order valence-electron chi connectivity index (χ2n) is 4.58. The van der Waals surface area contributed by atoms with E-state index in [1.165, 1.54) is 11.1 Å². The van der Waals surface area contributed by atoms with E-state index in [4.69, 9.17) is 0 Å². The van der Waals surface area contributed by atoms with Crippen molar-refractivity contribution in [2.75, 3.05) is 0 Å². The maximum absolute atomic E-state index is 4.37. The summed E-state index contributed by atoms with van der Waals surface area (Å²) >= 11 is 0. The normalized spacial score (nSPS) is 10.2. The Labute approximate surface area is 119 Å². The topological polar surface area (TPSA) is 12.9 Å². The van der Waals surface area contributed by atoms with Crippen molar-refractivity contribution in [1.29, 1.82) is 0 Å². The van der Waals surface area contributed by atoms with E-state index >= 15 is 0 Å². The number of hydrogen-bond donors (Lipinski definition) is 0. The fourth-order valence-electron chi connectivity index (χ4n) is 2.29. The monoisotopic (exact) mass is 257 g/mol. The lowest BCUT2D eigenvalue weighted by Gasteiger charge is -2.07. The molecular formula is C19H15N. The third-order valence-corrected chi connectivity index (χ3v) is 3.34. The van der Waals surface area contributed by atoms with Gasteiger partial charge in [0.25, 0.3) is 0 Å². The van der Waals surface area contributed by atoms with Gasteiger partial charge in [-0.1, -0.05) is 67.3 Å². The first-order valence-corrected chi connectivity index (χ1v) is 6.62. The summed E-state index contributed by atoms with van der Waals surface area (Å²) in [5.74, 6) is 0. The van der Waals surface area contributed by atoms with Crippen molar-refractivity contribution < 1.29 is 0 Å². The van der Waals surface area contributed by atoms with E-state index < -0.39 is 0 Å². The molecule has 0 amide bonds. The number of aromatic nitrogens is 1. The largest absolute Gasteiger partial charge is 0.256 e. The molecular weight excluding hydrogens is 242 g/mol. The van der Waals surface area contributed by atoms with Crippen LogP contribution < -0.4 is 0 Å². The Morgan fingerprint density at radius 1 is 0.750 bits per heavy atom. The van der Waals surface area contributed by atoms with Gasteiger partial charge >= 0.3 is 0 Å². The van der Waals surface area contributed by atoms with Crippen LogP contribution in [-0.2, 0) is 0 Å². The van der Waals surface area contributed by atoms with Gasteiger partial charge in [0.2, 0.25) is 0 Å². The van der Waals surface area contributed by atoms with E-state index in [-0.39, 0.29) is 0 Å². The van der Waals surface area contributed by atoms with E-state index in [9.17, 15) is 0 Å². The second kappa shape index (κ2) is 5.54. The van der Waals surface area contributed by atoms with Crippen LogP contribution in [0.3, 0.4) is 0 Å². The van der Waals surface area contributed by atoms with Crippen LogP contribution in [-0.4, -0.2) is 4.98 Å². The number of rotatable bonds is 3. The third kappa shape index (κ3) is 2.39. The Bertz CT molecular complexity index is 712. The van der Waals surface area contributed by atoms with Crippen molar-refractivity contribution in [3.05, 3.63) is 85.1 Å². The first-order valence-electron chi connectivity index (χ1n) is 6.62. The van der Waals surface area contributed by atoms with Crippen molar-refractivity contribution in [2.45, 2.75) is 0 Å². The van der Waals surface area contributed by atoms with Gasteiger partial charge < -0.3 is 0 Å². The molecule has 96 valence electrons. The van der Waals surface area contributed by atoms with Gasteiger partial charge in [0.05, 0.1) is 5.69 Å². The van der Waals surface area contributed by atoms with Gasteiger partial charge in [0.15, 0.2) is 0 Å². The van der Waals surface area contributed by atoms with E-state index in [1.807, 2.05) is 36.5 Å². The molecule has 0 atom stereocenters. The molecule has 1 heteroatoms. The average molecular weight is 257 g/mol. The Morgan fingerprint density at radius 3 is 2.15 bits per heavy atom. The second-order valence-corrected chi connectivity index (χ2v) is 4.58. The van der Waals surface area contributed by atoms with E-state index in [0.717, 1.165) is 16.8 Å². The summed E-state index contributed by atoms with van der Waals surface area (Å²) in [6.07, 6.45) is 3.71. The SMILES string of the molecule is C=Cc1ccccc1-c1ccc(-c2ccccn2)cc1. The lowest BCUT2D eigenvalue weighted by Crippen LogP contribution is -1.85. The zero-order chi connectivity index (χ0) is 13.8. The van der Waals surface area contributed by atoms with Crippen LogP contribution in [0.5, 0.6) is 0 Å². The molecule has 0 unspecified atom stereocenters. The van der Waals surface area contributed by atoms with Gasteiger partial charge in [-0.3, -0.25) is 4.98 Å². The molecule has 3 rings (SSSR count). The van der Waals surface area contributed by atoms with Crippen molar-refractivity contribution in [2.24, 2.45) is 0 Å². The Balaban J connectivity index is 2.00. The molecule has 0 saturated carbocycles. The standard InChI is InChI=1S/C19H15N/c1-2-15-7-3-4-8-18(15)16-10-12-17(13-11-16)19-9-5-6-14-20-19/h2-14H,1H2. The molecule has 0 bridgehead atoms. The molecule has 1 nitrogen and oxygen atoms in total. The van der Waals surface area contributed by atoms with E-state index in [0.29, 0.717) is 0 Å². The van der Waals surface area contributed by atoms with Gasteiger partial charge in [-0.25, -0.2) is 0 Å². The van der Waals surface area contributed by atoms with Crippen LogP contribution in [0.25, 0.3) is 28.5 Å². The minimum Gasteiger partial charge on any atom is -0.256 e. The minimum absolute atomic E-state index is 0.996. The number of pyridine rings is 1. The van der Waals surface area contributed by atoms with E-state index in [1.54, 1.807) is 0 Å². The first-order chi connectivity index (χ1) is 9.88. The van der Waals surface area contributed by atoms with Crippen LogP contribution in [0.2, 0.25) is 0 Å². The molecule has 0 fully saturated rings. The number of benzene rings is 2. The molecule has 0 N–H and O–H groups in total. The predicted octanol–water partition coefficient (Wildman–Crippen LogP) is 5.06. The number of hydrogen-bond acceptors (Lipinski definition) is 1. The summed E-state index contributed by atoms with van der Waals surface area (Å²) in [6.45, 7) is 3.87. The van der Waals surface area contributed by atoms with E-state index in [2.05, 4.69) is 54.0 Å². The summed E-state index contributed by atoms with van der Waals surface area (Å²) in [6, 6.07) is 22.7. The molecule has 1 aromatic heterocycles. The highest BCUT2D eigenvalue weighted by molar-refractivity contribution is 5.76. The highest BCUT2D eigenvalue weighted by Crippen LogP contribution is 2.26. The molecule has 0 spiro atoms. The van der Waals surface area contributed by atoms with Gasteiger partial charge in [-0.05, 0) is 28.8 Å². The fraction of sp³-hybridized carbons (Fsp3) is 0. The van der Waals surface area contributed by atoms with Gasteiger partial charge in [0.1, 0.15) is 0 Å². The summed E-state index contributed by atoms with van der Waals surface area (Å²) < 4.78 is 0. The molecule has 1 heterocycles. The van der Waals surface area contributed by atoms with Gasteiger partial charge in [-0.2, -0.15) is 0 Å².